The van der Waals surface area contributed by atoms with Gasteiger partial charge in [0.15, 0.2) is 0 Å². The fraction of sp³-hybridized carbons (Fsp3) is 0.737. The molecule has 0 spiro atoms. The van der Waals surface area contributed by atoms with Crippen molar-refractivity contribution in [3.63, 3.8) is 0 Å². The molecule has 1 aromatic rings. The van der Waals surface area contributed by atoms with E-state index in [2.05, 4.69) is 33.2 Å². The van der Waals surface area contributed by atoms with Gasteiger partial charge in [-0.25, -0.2) is 9.97 Å². The lowest BCUT2D eigenvalue weighted by atomic mass is 10.0. The van der Waals surface area contributed by atoms with Crippen molar-refractivity contribution < 1.29 is 4.79 Å². The first kappa shape index (κ1) is 17.7. The number of likely N-dealkylation sites (N-methyl/N-ethyl adjacent to an activating group) is 1. The molecule has 0 aromatic carbocycles. The van der Waals surface area contributed by atoms with E-state index in [9.17, 15) is 4.79 Å². The zero-order chi connectivity index (χ0) is 17.9. The Morgan fingerprint density at radius 3 is 2.69 bits per heavy atom. The third-order valence-corrected chi connectivity index (χ3v) is 6.01. The molecule has 1 atom stereocenters. The van der Waals surface area contributed by atoms with Crippen LogP contribution in [0.5, 0.6) is 0 Å². The van der Waals surface area contributed by atoms with Crippen LogP contribution in [-0.4, -0.2) is 84.6 Å². The van der Waals surface area contributed by atoms with E-state index < -0.39 is 0 Å². The minimum Gasteiger partial charge on any atom is -0.339 e. The summed E-state index contributed by atoms with van der Waals surface area (Å²) in [7, 11) is 2.11. The van der Waals surface area contributed by atoms with Crippen molar-refractivity contribution in [2.75, 3.05) is 57.8 Å². The average Bonchev–Trinajstić information content (AvgIpc) is 3.23. The molecule has 7 nitrogen and oxygen atoms in total. The Morgan fingerprint density at radius 1 is 1.15 bits per heavy atom. The average molecular weight is 358 g/mol. The van der Waals surface area contributed by atoms with Gasteiger partial charge in [0.1, 0.15) is 6.04 Å². The summed E-state index contributed by atoms with van der Waals surface area (Å²) in [5.74, 6) is 1.59. The highest BCUT2D eigenvalue weighted by Crippen LogP contribution is 2.33. The van der Waals surface area contributed by atoms with Gasteiger partial charge in [0.05, 0.1) is 0 Å². The molecule has 4 rings (SSSR count). The van der Waals surface area contributed by atoms with Crippen LogP contribution in [0.3, 0.4) is 0 Å². The van der Waals surface area contributed by atoms with Crippen LogP contribution in [0.15, 0.2) is 12.3 Å². The summed E-state index contributed by atoms with van der Waals surface area (Å²) >= 11 is 0. The molecule has 1 amide bonds. The van der Waals surface area contributed by atoms with Crippen LogP contribution in [0.4, 0.5) is 5.95 Å². The van der Waals surface area contributed by atoms with Crippen molar-refractivity contribution in [2.45, 2.75) is 37.6 Å². The van der Waals surface area contributed by atoms with Crippen molar-refractivity contribution in [2.24, 2.45) is 0 Å². The maximum Gasteiger partial charge on any atom is 0.241 e. The highest BCUT2D eigenvalue weighted by Gasteiger charge is 2.31. The highest BCUT2D eigenvalue weighted by molar-refractivity contribution is 5.83. The second kappa shape index (κ2) is 7.88. The van der Waals surface area contributed by atoms with Gasteiger partial charge in [-0.1, -0.05) is 12.8 Å². The van der Waals surface area contributed by atoms with Crippen molar-refractivity contribution >= 4 is 11.9 Å². The van der Waals surface area contributed by atoms with Crippen molar-refractivity contribution in [1.82, 2.24) is 25.1 Å². The van der Waals surface area contributed by atoms with E-state index in [1.165, 1.54) is 31.4 Å². The van der Waals surface area contributed by atoms with Gasteiger partial charge in [-0.15, -0.1) is 0 Å². The largest absolute Gasteiger partial charge is 0.339 e. The first-order valence-corrected chi connectivity index (χ1v) is 9.99. The molecule has 142 valence electrons. The summed E-state index contributed by atoms with van der Waals surface area (Å²) in [5, 5.41) is 3.39. The van der Waals surface area contributed by atoms with Gasteiger partial charge in [0.2, 0.25) is 11.9 Å². The Bertz CT molecular complexity index is 624. The summed E-state index contributed by atoms with van der Waals surface area (Å²) in [5.41, 5.74) is 1.17. The molecule has 3 heterocycles. The van der Waals surface area contributed by atoms with Gasteiger partial charge < -0.3 is 20.0 Å². The quantitative estimate of drug-likeness (QED) is 0.858. The Morgan fingerprint density at radius 2 is 1.92 bits per heavy atom. The lowest BCUT2D eigenvalue weighted by molar-refractivity contribution is -0.135. The zero-order valence-electron chi connectivity index (χ0n) is 15.7. The summed E-state index contributed by atoms with van der Waals surface area (Å²) in [6.45, 7) is 5.84. The first-order valence-electron chi connectivity index (χ1n) is 9.99. The van der Waals surface area contributed by atoms with Gasteiger partial charge in [-0.2, -0.15) is 0 Å². The molecule has 3 fully saturated rings. The maximum atomic E-state index is 12.9. The molecule has 0 bridgehead atoms. The third kappa shape index (κ3) is 3.83. The van der Waals surface area contributed by atoms with Gasteiger partial charge in [0, 0.05) is 63.6 Å². The van der Waals surface area contributed by atoms with Crippen LogP contribution in [0.2, 0.25) is 0 Å². The fourth-order valence-electron chi connectivity index (χ4n) is 4.31. The van der Waals surface area contributed by atoms with Crippen LogP contribution in [0.1, 0.15) is 37.3 Å². The number of nitrogens with one attached hydrogen (secondary N) is 1. The second-order valence-corrected chi connectivity index (χ2v) is 7.84. The fourth-order valence-corrected chi connectivity index (χ4v) is 4.31. The summed E-state index contributed by atoms with van der Waals surface area (Å²) in [6.07, 6.45) is 6.97. The molecule has 7 heteroatoms. The SMILES string of the molecule is CN1CCN(C(=O)C2CN(c3nccc(C4CCCC4)n3)CCN2)CC1. The smallest absolute Gasteiger partial charge is 0.241 e. The van der Waals surface area contributed by atoms with Crippen molar-refractivity contribution in [1.29, 1.82) is 0 Å². The number of amides is 1. The van der Waals surface area contributed by atoms with Crippen LogP contribution < -0.4 is 10.2 Å². The van der Waals surface area contributed by atoms with Crippen molar-refractivity contribution in [3.05, 3.63) is 18.0 Å². The predicted octanol–water partition coefficient (Wildman–Crippen LogP) is 0.686. The molecule has 2 aliphatic heterocycles. The van der Waals surface area contributed by atoms with Gasteiger partial charge >= 0.3 is 0 Å². The summed E-state index contributed by atoms with van der Waals surface area (Å²) < 4.78 is 0. The number of hydrogen-bond acceptors (Lipinski definition) is 6. The number of nitrogens with zero attached hydrogens (tertiary/aromatic N) is 5. The van der Waals surface area contributed by atoms with Crippen LogP contribution in [0.25, 0.3) is 0 Å². The molecule has 1 aromatic heterocycles. The number of hydrogen-bond donors (Lipinski definition) is 1. The van der Waals surface area contributed by atoms with Gasteiger partial charge in [-0.3, -0.25) is 4.79 Å². The number of piperazine rings is 2. The molecular formula is C19H30N6O. The van der Waals surface area contributed by atoms with E-state index in [-0.39, 0.29) is 11.9 Å². The molecule has 26 heavy (non-hydrogen) atoms. The van der Waals surface area contributed by atoms with Crippen LogP contribution in [0, 0.1) is 0 Å². The lowest BCUT2D eigenvalue weighted by Crippen LogP contribution is -2.60. The summed E-state index contributed by atoms with van der Waals surface area (Å²) in [6, 6.07) is 1.90. The number of carbonyl (C=O) groups is 1. The summed E-state index contributed by atoms with van der Waals surface area (Å²) in [4.78, 5) is 28.7. The van der Waals surface area contributed by atoms with E-state index in [1.54, 1.807) is 0 Å². The molecule has 1 saturated carbocycles. The minimum absolute atomic E-state index is 0.161. The molecular weight excluding hydrogens is 328 g/mol. The number of carbonyl (C=O) groups excluding carboxylic acids is 1. The van der Waals surface area contributed by atoms with Crippen molar-refractivity contribution in [3.8, 4) is 0 Å². The van der Waals surface area contributed by atoms with E-state index >= 15 is 0 Å². The first-order chi connectivity index (χ1) is 12.7. The lowest BCUT2D eigenvalue weighted by Gasteiger charge is -2.38. The van der Waals surface area contributed by atoms with Crippen LogP contribution in [-0.2, 0) is 4.79 Å². The normalized spacial score (nSPS) is 25.7. The molecule has 0 radical (unpaired) electrons. The topological polar surface area (TPSA) is 64.6 Å². The standard InChI is InChI=1S/C19H30N6O/c1-23-10-12-24(13-11-23)18(26)17-14-25(9-8-20-17)19-21-7-6-16(22-19)15-4-2-3-5-15/h6-7,15,17,20H,2-5,8-14H2,1H3. The Hall–Kier alpha value is -1.73. The van der Waals surface area contributed by atoms with E-state index in [4.69, 9.17) is 4.98 Å². The molecule has 3 aliphatic rings. The Labute approximate surface area is 155 Å². The van der Waals surface area contributed by atoms with Gasteiger partial charge in [0.25, 0.3) is 0 Å². The molecule has 1 unspecified atom stereocenters. The molecule has 1 N–H and O–H groups in total. The maximum absolute atomic E-state index is 12.9. The molecule has 1 aliphatic carbocycles. The zero-order valence-corrected chi connectivity index (χ0v) is 15.7. The van der Waals surface area contributed by atoms with E-state index in [0.717, 1.165) is 45.2 Å². The molecule has 2 saturated heterocycles. The number of rotatable bonds is 3. The third-order valence-electron chi connectivity index (χ3n) is 6.01. The van der Waals surface area contributed by atoms with E-state index in [1.807, 2.05) is 11.1 Å². The number of aromatic nitrogens is 2. The van der Waals surface area contributed by atoms with Gasteiger partial charge in [-0.05, 0) is 26.0 Å². The Balaban J connectivity index is 1.42. The minimum atomic E-state index is -0.161. The Kier molecular flexibility index (Phi) is 5.36. The van der Waals surface area contributed by atoms with Crippen LogP contribution >= 0.6 is 0 Å². The highest BCUT2D eigenvalue weighted by atomic mass is 16.2. The predicted molar refractivity (Wildman–Crippen MR) is 101 cm³/mol. The monoisotopic (exact) mass is 358 g/mol. The van der Waals surface area contributed by atoms with E-state index in [0.29, 0.717) is 12.5 Å². The number of anilines is 1. The second-order valence-electron chi connectivity index (χ2n) is 7.84.